The van der Waals surface area contributed by atoms with E-state index in [9.17, 15) is 14.4 Å². The van der Waals surface area contributed by atoms with Crippen molar-refractivity contribution in [1.82, 2.24) is 4.90 Å². The highest BCUT2D eigenvalue weighted by Gasteiger charge is 2.32. The molecular weight excluding hydrogens is 344 g/mol. The minimum absolute atomic E-state index is 0.152. The molecule has 0 saturated carbocycles. The predicted molar refractivity (Wildman–Crippen MR) is 101 cm³/mol. The van der Waals surface area contributed by atoms with Gasteiger partial charge >= 0.3 is 0 Å². The minimum atomic E-state index is -0.363. The summed E-state index contributed by atoms with van der Waals surface area (Å²) in [6, 6.07) is 8.70. The summed E-state index contributed by atoms with van der Waals surface area (Å²) in [6.07, 6.45) is 1.76. The molecule has 0 saturated heterocycles. The summed E-state index contributed by atoms with van der Waals surface area (Å²) in [5.74, 6) is -0.915. The van der Waals surface area contributed by atoms with Gasteiger partial charge in [-0.05, 0) is 43.2 Å². The Morgan fingerprint density at radius 2 is 1.81 bits per heavy atom. The fourth-order valence-electron chi connectivity index (χ4n) is 3.34. The maximum Gasteiger partial charge on any atom is 0.261 e. The Morgan fingerprint density at radius 1 is 1.07 bits per heavy atom. The predicted octanol–water partition coefficient (Wildman–Crippen LogP) is 3.46. The van der Waals surface area contributed by atoms with Gasteiger partial charge in [0.15, 0.2) is 0 Å². The van der Waals surface area contributed by atoms with Gasteiger partial charge in [0, 0.05) is 23.7 Å². The van der Waals surface area contributed by atoms with E-state index in [0.717, 1.165) is 32.6 Å². The molecule has 0 aliphatic carbocycles. The topological polar surface area (TPSA) is 79.6 Å². The lowest BCUT2D eigenvalue weighted by molar-refractivity contribution is -0.115. The third kappa shape index (κ3) is 2.70. The van der Waals surface area contributed by atoms with Crippen LogP contribution >= 0.6 is 0 Å². The zero-order valence-electron chi connectivity index (χ0n) is 15.3. The van der Waals surface area contributed by atoms with E-state index in [1.807, 2.05) is 26.0 Å². The van der Waals surface area contributed by atoms with Crippen LogP contribution in [0, 0.1) is 13.8 Å². The zero-order valence-corrected chi connectivity index (χ0v) is 15.3. The van der Waals surface area contributed by atoms with Crippen molar-refractivity contribution in [2.75, 3.05) is 12.4 Å². The molecule has 0 bridgehead atoms. The first-order chi connectivity index (χ1) is 12.9. The maximum atomic E-state index is 12.5. The number of benzene rings is 2. The van der Waals surface area contributed by atoms with Crippen molar-refractivity contribution >= 4 is 34.4 Å². The molecule has 0 unspecified atom stereocenters. The summed E-state index contributed by atoms with van der Waals surface area (Å²) < 4.78 is 5.64. The van der Waals surface area contributed by atoms with Gasteiger partial charge < -0.3 is 9.73 Å². The molecule has 1 aliphatic heterocycles. The summed E-state index contributed by atoms with van der Waals surface area (Å²) in [6.45, 7) is 4.01. The van der Waals surface area contributed by atoms with Crippen LogP contribution in [0.1, 0.15) is 37.4 Å². The summed E-state index contributed by atoms with van der Waals surface area (Å²) in [4.78, 5) is 37.6. The van der Waals surface area contributed by atoms with Gasteiger partial charge in [-0.3, -0.25) is 19.3 Å². The fourth-order valence-corrected chi connectivity index (χ4v) is 3.34. The summed E-state index contributed by atoms with van der Waals surface area (Å²) in [5, 5.41) is 3.71. The number of anilines is 1. The molecule has 27 heavy (non-hydrogen) atoms. The lowest BCUT2D eigenvalue weighted by atomic mass is 10.0. The second-order valence-electron chi connectivity index (χ2n) is 6.80. The van der Waals surface area contributed by atoms with Gasteiger partial charge in [0.1, 0.15) is 5.58 Å². The van der Waals surface area contributed by atoms with Crippen LogP contribution < -0.4 is 5.32 Å². The van der Waals surface area contributed by atoms with Gasteiger partial charge in [-0.2, -0.15) is 0 Å². The minimum Gasteiger partial charge on any atom is -0.464 e. The van der Waals surface area contributed by atoms with E-state index >= 15 is 0 Å². The molecular formula is C21H18N2O4. The molecule has 1 N–H and O–H groups in total. The first-order valence-corrected chi connectivity index (χ1v) is 8.59. The third-order valence-electron chi connectivity index (χ3n) is 5.07. The van der Waals surface area contributed by atoms with E-state index < -0.39 is 0 Å². The Kier molecular flexibility index (Phi) is 3.84. The number of furan rings is 1. The van der Waals surface area contributed by atoms with Crippen molar-refractivity contribution in [3.63, 3.8) is 0 Å². The number of aryl methyl sites for hydroxylation is 2. The number of carbonyl (C=O) groups excluding carboxylic acids is 3. The van der Waals surface area contributed by atoms with Crippen LogP contribution in [0.4, 0.5) is 5.69 Å². The van der Waals surface area contributed by atoms with E-state index in [2.05, 4.69) is 5.32 Å². The average molecular weight is 362 g/mol. The number of amides is 3. The Labute approximate surface area is 155 Å². The lowest BCUT2D eigenvalue weighted by Gasteiger charge is -2.06. The molecule has 6 nitrogen and oxygen atoms in total. The molecule has 4 rings (SSSR count). The van der Waals surface area contributed by atoms with Gasteiger partial charge in [0.25, 0.3) is 11.8 Å². The maximum absolute atomic E-state index is 12.5. The second kappa shape index (κ2) is 6.09. The fraction of sp³-hybridized carbons (Fsp3) is 0.190. The number of hydrogen-bond acceptors (Lipinski definition) is 4. The van der Waals surface area contributed by atoms with E-state index in [0.29, 0.717) is 16.8 Å². The quantitative estimate of drug-likeness (QED) is 0.724. The first-order valence-electron chi connectivity index (χ1n) is 8.59. The largest absolute Gasteiger partial charge is 0.464 e. The van der Waals surface area contributed by atoms with Crippen molar-refractivity contribution < 1.29 is 18.8 Å². The Hall–Kier alpha value is -3.41. The van der Waals surface area contributed by atoms with E-state index in [1.165, 1.54) is 13.1 Å². The molecule has 2 heterocycles. The number of rotatable bonds is 3. The van der Waals surface area contributed by atoms with Crippen LogP contribution in [-0.4, -0.2) is 29.7 Å². The number of fused-ring (bicyclic) bond motifs is 2. The third-order valence-corrected chi connectivity index (χ3v) is 5.07. The van der Waals surface area contributed by atoms with Crippen LogP contribution in [0.3, 0.4) is 0 Å². The van der Waals surface area contributed by atoms with E-state index in [1.54, 1.807) is 18.4 Å². The highest BCUT2D eigenvalue weighted by Crippen LogP contribution is 2.28. The molecule has 2 aromatic carbocycles. The van der Waals surface area contributed by atoms with Crippen molar-refractivity contribution in [3.8, 4) is 0 Å². The van der Waals surface area contributed by atoms with Crippen LogP contribution in [0.15, 0.2) is 41.0 Å². The molecule has 3 aromatic rings. The van der Waals surface area contributed by atoms with Crippen molar-refractivity contribution in [2.45, 2.75) is 20.3 Å². The van der Waals surface area contributed by atoms with E-state index in [-0.39, 0.29) is 24.1 Å². The van der Waals surface area contributed by atoms with Gasteiger partial charge in [0.2, 0.25) is 5.91 Å². The normalized spacial score (nSPS) is 13.4. The van der Waals surface area contributed by atoms with Gasteiger partial charge in [-0.25, -0.2) is 0 Å². The molecule has 0 atom stereocenters. The smallest absolute Gasteiger partial charge is 0.261 e. The Balaban J connectivity index is 1.55. The van der Waals surface area contributed by atoms with Crippen LogP contribution in [0.2, 0.25) is 0 Å². The summed E-state index contributed by atoms with van der Waals surface area (Å²) in [7, 11) is 1.44. The molecule has 6 heteroatoms. The Morgan fingerprint density at radius 3 is 2.59 bits per heavy atom. The highest BCUT2D eigenvalue weighted by atomic mass is 16.3. The zero-order chi connectivity index (χ0) is 19.3. The van der Waals surface area contributed by atoms with Crippen LogP contribution in [0.5, 0.6) is 0 Å². The second-order valence-corrected chi connectivity index (χ2v) is 6.80. The highest BCUT2D eigenvalue weighted by molar-refractivity contribution is 6.21. The number of nitrogens with one attached hydrogen (secondary N) is 1. The average Bonchev–Trinajstić information content (AvgIpc) is 3.14. The van der Waals surface area contributed by atoms with Crippen LogP contribution in [-0.2, 0) is 11.2 Å². The molecule has 1 aliphatic rings. The van der Waals surface area contributed by atoms with Gasteiger partial charge in [-0.15, -0.1) is 0 Å². The standard InChI is InChI=1S/C21H18N2O4/c1-11-4-6-15-13(10-27-19(15)12(11)2)8-18(24)22-14-5-7-16-17(9-14)21(26)23(3)20(16)25/h4-7,9-10H,8H2,1-3H3,(H,22,24). The van der Waals surface area contributed by atoms with Crippen molar-refractivity contribution in [2.24, 2.45) is 0 Å². The number of nitrogens with zero attached hydrogens (tertiary/aromatic N) is 1. The summed E-state index contributed by atoms with van der Waals surface area (Å²) in [5.41, 5.74) is 4.93. The monoisotopic (exact) mass is 362 g/mol. The van der Waals surface area contributed by atoms with Gasteiger partial charge in [-0.1, -0.05) is 12.1 Å². The number of imide groups is 1. The summed E-state index contributed by atoms with van der Waals surface area (Å²) >= 11 is 0. The van der Waals surface area contributed by atoms with Crippen molar-refractivity contribution in [3.05, 3.63) is 64.4 Å². The molecule has 3 amide bonds. The van der Waals surface area contributed by atoms with Gasteiger partial charge in [0.05, 0.1) is 23.8 Å². The number of hydrogen-bond donors (Lipinski definition) is 1. The van der Waals surface area contributed by atoms with Crippen LogP contribution in [0.25, 0.3) is 11.0 Å². The molecule has 0 spiro atoms. The molecule has 136 valence electrons. The van der Waals surface area contributed by atoms with E-state index in [4.69, 9.17) is 4.42 Å². The lowest BCUT2D eigenvalue weighted by Crippen LogP contribution is -2.24. The SMILES string of the molecule is Cc1ccc2c(CC(=O)Nc3ccc4c(c3)C(=O)N(C)C4=O)coc2c1C. The molecule has 0 radical (unpaired) electrons. The molecule has 0 fully saturated rings. The van der Waals surface area contributed by atoms with Crippen molar-refractivity contribution in [1.29, 1.82) is 0 Å². The first kappa shape index (κ1) is 17.0. The Bertz CT molecular complexity index is 1130. The number of carbonyl (C=O) groups is 3. The molecule has 1 aromatic heterocycles.